The van der Waals surface area contributed by atoms with E-state index in [0.717, 1.165) is 6.92 Å². The van der Waals surface area contributed by atoms with Gasteiger partial charge in [-0.15, -0.1) is 0 Å². The predicted octanol–water partition coefficient (Wildman–Crippen LogP) is 4.27. The first-order valence-corrected chi connectivity index (χ1v) is 10.9. The van der Waals surface area contributed by atoms with Crippen LogP contribution in [0.5, 0.6) is 0 Å². The van der Waals surface area contributed by atoms with Crippen LogP contribution in [0.1, 0.15) is 40.7 Å². The quantitative estimate of drug-likeness (QED) is 0.646. The van der Waals surface area contributed by atoms with Crippen molar-refractivity contribution < 1.29 is 31.0 Å². The zero-order valence-electron chi connectivity index (χ0n) is 17.0. The Morgan fingerprint density at radius 3 is 2.62 bits per heavy atom. The number of nitrogens with zero attached hydrogens (tertiary/aromatic N) is 2. The summed E-state index contributed by atoms with van der Waals surface area (Å²) in [6.07, 6.45) is -4.90. The molecule has 174 valence electrons. The van der Waals surface area contributed by atoms with Crippen LogP contribution in [-0.4, -0.2) is 34.1 Å². The van der Waals surface area contributed by atoms with Gasteiger partial charge in [0.25, 0.3) is 5.91 Å². The highest BCUT2D eigenvalue weighted by Crippen LogP contribution is 2.37. The standard InChI is InChI=1S/C20H21F5N4O2S/c1-12-15(20(23,24)25)11-27-17(29-8-3-6-19(21,22)7-9-29)16(12)18(30)28-13-4-2-5-14(10-13)32(26)31/h2,4-5,10-11H,3,6-9,26H2,1H3,(H,28,30)/t32-/m1/s1. The molecule has 6 nitrogen and oxygen atoms in total. The number of anilines is 2. The van der Waals surface area contributed by atoms with Crippen LogP contribution in [0.15, 0.2) is 35.4 Å². The Labute approximate surface area is 183 Å². The van der Waals surface area contributed by atoms with Crippen LogP contribution < -0.4 is 15.4 Å². The predicted molar refractivity (Wildman–Crippen MR) is 110 cm³/mol. The van der Waals surface area contributed by atoms with Gasteiger partial charge in [0.05, 0.1) is 16.0 Å². The van der Waals surface area contributed by atoms with Crippen LogP contribution in [0.4, 0.5) is 33.5 Å². The van der Waals surface area contributed by atoms with Crippen molar-refractivity contribution in [3.63, 3.8) is 0 Å². The number of nitrogens with one attached hydrogen (secondary N) is 1. The first kappa shape index (κ1) is 24.1. The summed E-state index contributed by atoms with van der Waals surface area (Å²) in [5.74, 6) is -3.88. The van der Waals surface area contributed by atoms with Crippen molar-refractivity contribution in [3.05, 3.63) is 47.2 Å². The van der Waals surface area contributed by atoms with Gasteiger partial charge in [0.15, 0.2) is 0 Å². The van der Waals surface area contributed by atoms with Gasteiger partial charge >= 0.3 is 6.18 Å². The Balaban J connectivity index is 2.04. The van der Waals surface area contributed by atoms with Gasteiger partial charge in [-0.1, -0.05) is 6.07 Å². The fraction of sp³-hybridized carbons (Fsp3) is 0.400. The molecule has 32 heavy (non-hydrogen) atoms. The number of pyridine rings is 1. The molecule has 1 fully saturated rings. The summed E-state index contributed by atoms with van der Waals surface area (Å²) in [4.78, 5) is 18.5. The lowest BCUT2D eigenvalue weighted by Gasteiger charge is -2.26. The summed E-state index contributed by atoms with van der Waals surface area (Å²) in [5.41, 5.74) is -1.65. The molecule has 0 aliphatic carbocycles. The number of alkyl halides is 5. The molecule has 0 radical (unpaired) electrons. The van der Waals surface area contributed by atoms with Crippen LogP contribution in [0.2, 0.25) is 0 Å². The number of carbonyl (C=O) groups is 1. The van der Waals surface area contributed by atoms with E-state index in [4.69, 9.17) is 5.14 Å². The SMILES string of the molecule is Cc1c(C(F)(F)F)cnc(N2CCCC(F)(F)CC2)c1C(=O)Nc1cccc([S@](N)=O)c1. The van der Waals surface area contributed by atoms with E-state index in [2.05, 4.69) is 10.3 Å². The molecule has 0 saturated carbocycles. The van der Waals surface area contributed by atoms with Crippen LogP contribution in [0.3, 0.4) is 0 Å². The van der Waals surface area contributed by atoms with Gasteiger partial charge in [-0.3, -0.25) is 4.79 Å². The first-order chi connectivity index (χ1) is 14.9. The molecule has 2 aromatic rings. The number of benzene rings is 1. The maximum Gasteiger partial charge on any atom is 0.418 e. The Morgan fingerprint density at radius 2 is 1.97 bits per heavy atom. The van der Waals surface area contributed by atoms with E-state index in [-0.39, 0.29) is 53.5 Å². The Kier molecular flexibility index (Phi) is 6.84. The molecule has 0 spiro atoms. The molecule has 1 aromatic heterocycles. The minimum Gasteiger partial charge on any atom is -0.356 e. The normalized spacial score (nSPS) is 17.5. The molecule has 0 unspecified atom stereocenters. The summed E-state index contributed by atoms with van der Waals surface area (Å²) < 4.78 is 79.5. The second-order valence-corrected chi connectivity index (χ2v) is 8.54. The molecule has 1 aliphatic rings. The fourth-order valence-corrected chi connectivity index (χ4v) is 4.01. The smallest absolute Gasteiger partial charge is 0.356 e. The molecular formula is C20H21F5N4O2S. The summed E-state index contributed by atoms with van der Waals surface area (Å²) in [6.45, 7) is 1.10. The van der Waals surface area contributed by atoms with Gasteiger partial charge in [-0.2, -0.15) is 13.2 Å². The lowest BCUT2D eigenvalue weighted by molar-refractivity contribution is -0.138. The number of hydrogen-bond acceptors (Lipinski definition) is 4. The van der Waals surface area contributed by atoms with Crippen LogP contribution in [-0.2, 0) is 17.2 Å². The lowest BCUT2D eigenvalue weighted by atomic mass is 10.0. The Morgan fingerprint density at radius 1 is 1.25 bits per heavy atom. The van der Waals surface area contributed by atoms with E-state index >= 15 is 0 Å². The molecule has 3 N–H and O–H groups in total. The molecule has 1 saturated heterocycles. The van der Waals surface area contributed by atoms with Gasteiger partial charge in [0.2, 0.25) is 5.92 Å². The van der Waals surface area contributed by atoms with Crippen molar-refractivity contribution >= 4 is 28.4 Å². The third-order valence-electron chi connectivity index (χ3n) is 5.19. The maximum atomic E-state index is 13.8. The number of halogens is 5. The van der Waals surface area contributed by atoms with E-state index in [1.54, 1.807) is 0 Å². The van der Waals surface area contributed by atoms with E-state index in [9.17, 15) is 31.0 Å². The Hall–Kier alpha value is -2.60. The molecule has 1 atom stereocenters. The van der Waals surface area contributed by atoms with Crippen LogP contribution in [0.25, 0.3) is 0 Å². The third-order valence-corrected chi connectivity index (χ3v) is 5.91. The second kappa shape index (κ2) is 9.10. The molecule has 1 aliphatic heterocycles. The van der Waals surface area contributed by atoms with Crippen molar-refractivity contribution in [2.45, 2.75) is 43.2 Å². The van der Waals surface area contributed by atoms with E-state index < -0.39 is 41.0 Å². The minimum atomic E-state index is -4.76. The average Bonchev–Trinajstić information content (AvgIpc) is 2.87. The van der Waals surface area contributed by atoms with Crippen molar-refractivity contribution in [1.29, 1.82) is 0 Å². The zero-order valence-corrected chi connectivity index (χ0v) is 17.8. The maximum absolute atomic E-state index is 13.8. The molecule has 12 heteroatoms. The number of nitrogens with two attached hydrogens (primary N) is 1. The summed E-state index contributed by atoms with van der Waals surface area (Å²) in [6, 6.07) is 5.73. The second-order valence-electron chi connectivity index (χ2n) is 7.47. The number of aromatic nitrogens is 1. The van der Waals surface area contributed by atoms with Crippen LogP contribution in [0, 0.1) is 6.92 Å². The number of hydrogen-bond donors (Lipinski definition) is 2. The van der Waals surface area contributed by atoms with Crippen molar-refractivity contribution in [3.8, 4) is 0 Å². The number of rotatable bonds is 4. The highest BCUT2D eigenvalue weighted by Gasteiger charge is 2.38. The first-order valence-electron chi connectivity index (χ1n) is 9.66. The molecule has 0 bridgehead atoms. The average molecular weight is 476 g/mol. The summed E-state index contributed by atoms with van der Waals surface area (Å²) in [5, 5.41) is 7.80. The molecule has 1 amide bonds. The Bertz CT molecular complexity index is 1050. The van der Waals surface area contributed by atoms with Crippen LogP contribution >= 0.6 is 0 Å². The van der Waals surface area contributed by atoms with Gasteiger partial charge in [-0.25, -0.2) is 23.1 Å². The highest BCUT2D eigenvalue weighted by atomic mass is 32.2. The summed E-state index contributed by atoms with van der Waals surface area (Å²) >= 11 is 0. The largest absolute Gasteiger partial charge is 0.418 e. The van der Waals surface area contributed by atoms with Crippen molar-refractivity contribution in [2.75, 3.05) is 23.3 Å². The topological polar surface area (TPSA) is 88.3 Å². The van der Waals surface area contributed by atoms with E-state index in [1.165, 1.54) is 29.2 Å². The van der Waals surface area contributed by atoms with Gasteiger partial charge in [-0.05, 0) is 37.1 Å². The fourth-order valence-electron chi connectivity index (χ4n) is 3.56. The third kappa shape index (κ3) is 5.41. The molecular weight excluding hydrogens is 455 g/mol. The molecule has 3 rings (SSSR count). The lowest BCUT2D eigenvalue weighted by Crippen LogP contribution is -2.30. The van der Waals surface area contributed by atoms with Gasteiger partial charge in [0, 0.05) is 37.8 Å². The molecule has 2 heterocycles. The monoisotopic (exact) mass is 476 g/mol. The van der Waals surface area contributed by atoms with Gasteiger partial charge in [0.1, 0.15) is 16.8 Å². The highest BCUT2D eigenvalue weighted by molar-refractivity contribution is 7.82. The van der Waals surface area contributed by atoms with Crippen molar-refractivity contribution in [2.24, 2.45) is 5.14 Å². The van der Waals surface area contributed by atoms with E-state index in [1.807, 2.05) is 0 Å². The van der Waals surface area contributed by atoms with E-state index in [0.29, 0.717) is 6.20 Å². The zero-order chi connectivity index (χ0) is 23.7. The van der Waals surface area contributed by atoms with Gasteiger partial charge < -0.3 is 10.2 Å². The van der Waals surface area contributed by atoms with Crippen molar-refractivity contribution in [1.82, 2.24) is 4.98 Å². The summed E-state index contributed by atoms with van der Waals surface area (Å²) in [7, 11) is -1.83. The molecule has 1 aromatic carbocycles. The minimum absolute atomic E-state index is 0.0933. The number of carbonyl (C=O) groups excluding carboxylic acids is 1. The number of amides is 1.